The van der Waals surface area contributed by atoms with Gasteiger partial charge >= 0.3 is 0 Å². The first-order valence-corrected chi connectivity index (χ1v) is 8.62. The normalized spacial score (nSPS) is 19.4. The van der Waals surface area contributed by atoms with Gasteiger partial charge in [-0.3, -0.25) is 14.8 Å². The summed E-state index contributed by atoms with van der Waals surface area (Å²) in [4.78, 5) is 20.2. The van der Waals surface area contributed by atoms with E-state index in [4.69, 9.17) is 10.5 Å². The lowest BCUT2D eigenvalue weighted by Gasteiger charge is -2.33. The number of alkyl halides is 2. The zero-order chi connectivity index (χ0) is 20.3. The summed E-state index contributed by atoms with van der Waals surface area (Å²) < 4.78 is 47.2. The van der Waals surface area contributed by atoms with Crippen LogP contribution in [0, 0.1) is 5.82 Å². The predicted molar refractivity (Wildman–Crippen MR) is 98.1 cm³/mol. The predicted octanol–water partition coefficient (Wildman–Crippen LogP) is 2.88. The van der Waals surface area contributed by atoms with Crippen LogP contribution in [-0.2, 0) is 16.7 Å². The Labute approximate surface area is 159 Å². The molecule has 28 heavy (non-hydrogen) atoms. The Kier molecular flexibility index (Phi) is 5.64. The molecule has 0 spiro atoms. The molecule has 0 aliphatic carbocycles. The topological polar surface area (TPSA) is 89.6 Å². The highest BCUT2D eigenvalue weighted by atomic mass is 19.3. The number of amides is 1. The maximum absolute atomic E-state index is 14.4. The van der Waals surface area contributed by atoms with Crippen LogP contribution in [0.15, 0.2) is 41.5 Å². The van der Waals surface area contributed by atoms with Crippen LogP contribution < -0.4 is 11.1 Å². The summed E-state index contributed by atoms with van der Waals surface area (Å²) in [6.07, 6.45) is -0.708. The van der Waals surface area contributed by atoms with Gasteiger partial charge in [0, 0.05) is 17.4 Å². The summed E-state index contributed by atoms with van der Waals surface area (Å²) in [5.74, 6) is -1.60. The van der Waals surface area contributed by atoms with Crippen molar-refractivity contribution in [2.24, 2.45) is 10.7 Å². The van der Waals surface area contributed by atoms with Gasteiger partial charge in [-0.05, 0) is 36.2 Å². The molecule has 0 unspecified atom stereocenters. The Morgan fingerprint density at radius 2 is 2.14 bits per heavy atom. The van der Waals surface area contributed by atoms with E-state index in [9.17, 15) is 18.0 Å². The van der Waals surface area contributed by atoms with Crippen LogP contribution in [0.3, 0.4) is 0 Å². The van der Waals surface area contributed by atoms with Gasteiger partial charge in [0.1, 0.15) is 24.0 Å². The number of nitrogens with one attached hydrogen (secondary N) is 1. The molecule has 1 atom stereocenters. The van der Waals surface area contributed by atoms with Crippen molar-refractivity contribution in [1.29, 1.82) is 0 Å². The number of halogens is 3. The number of aliphatic imine (C=N–C) groups is 1. The van der Waals surface area contributed by atoms with E-state index in [2.05, 4.69) is 15.3 Å². The van der Waals surface area contributed by atoms with Crippen molar-refractivity contribution in [2.45, 2.75) is 25.3 Å². The maximum Gasteiger partial charge on any atom is 0.274 e. The van der Waals surface area contributed by atoms with Crippen molar-refractivity contribution < 1.29 is 22.7 Å². The minimum absolute atomic E-state index is 0.105. The number of aromatic nitrogens is 1. The zero-order valence-electron chi connectivity index (χ0n) is 15.1. The Morgan fingerprint density at radius 3 is 2.75 bits per heavy atom. The lowest BCUT2D eigenvalue weighted by Crippen LogP contribution is -2.45. The largest absolute Gasteiger partial charge is 0.385 e. The second-order valence-corrected chi connectivity index (χ2v) is 6.37. The number of anilines is 1. The number of aryl methyl sites for hydroxylation is 1. The molecule has 1 aromatic heterocycles. The van der Waals surface area contributed by atoms with Gasteiger partial charge in [0.05, 0.1) is 6.61 Å². The second-order valence-electron chi connectivity index (χ2n) is 6.37. The van der Waals surface area contributed by atoms with Crippen molar-refractivity contribution in [3.8, 4) is 0 Å². The molecule has 1 amide bonds. The average molecular weight is 392 g/mol. The number of carbonyl (C=O) groups is 1. The van der Waals surface area contributed by atoms with Gasteiger partial charge in [0.25, 0.3) is 12.3 Å². The van der Waals surface area contributed by atoms with Crippen LogP contribution >= 0.6 is 0 Å². The van der Waals surface area contributed by atoms with E-state index >= 15 is 0 Å². The molecule has 0 saturated carbocycles. The number of hydrogen-bond donors (Lipinski definition) is 2. The molecule has 0 radical (unpaired) electrons. The first-order valence-electron chi connectivity index (χ1n) is 8.62. The van der Waals surface area contributed by atoms with Gasteiger partial charge < -0.3 is 15.8 Å². The van der Waals surface area contributed by atoms with Crippen LogP contribution in [0.5, 0.6) is 0 Å². The molecular formula is C19H19F3N4O2. The van der Waals surface area contributed by atoms with Crippen LogP contribution in [0.1, 0.15) is 28.5 Å². The highest BCUT2D eigenvalue weighted by Gasteiger charge is 2.46. The number of nitrogens with zero attached hydrogens (tertiary/aromatic N) is 2. The summed E-state index contributed by atoms with van der Waals surface area (Å²) in [7, 11) is 0. The van der Waals surface area contributed by atoms with E-state index in [1.165, 1.54) is 6.07 Å². The number of carbonyl (C=O) groups excluding carboxylic acids is 1. The summed E-state index contributed by atoms with van der Waals surface area (Å²) in [5, 5.41) is 2.54. The lowest BCUT2D eigenvalue weighted by atomic mass is 9.90. The van der Waals surface area contributed by atoms with Crippen molar-refractivity contribution in [3.63, 3.8) is 0 Å². The molecular weight excluding hydrogens is 373 g/mol. The fourth-order valence-electron chi connectivity index (χ4n) is 2.90. The van der Waals surface area contributed by atoms with Gasteiger partial charge in [-0.1, -0.05) is 13.0 Å². The first-order chi connectivity index (χ1) is 13.4. The number of amidine groups is 1. The molecule has 148 valence electrons. The molecule has 2 heterocycles. The number of rotatable bonds is 5. The molecule has 3 rings (SSSR count). The Balaban J connectivity index is 1.92. The van der Waals surface area contributed by atoms with Gasteiger partial charge in [-0.2, -0.15) is 0 Å². The summed E-state index contributed by atoms with van der Waals surface area (Å²) in [6, 6.07) is 6.70. The van der Waals surface area contributed by atoms with Crippen molar-refractivity contribution in [1.82, 2.24) is 4.98 Å². The highest BCUT2D eigenvalue weighted by molar-refractivity contribution is 6.02. The number of ether oxygens (including phenoxy) is 1. The number of nitrogens with two attached hydrogens (primary N) is 1. The first kappa shape index (κ1) is 19.8. The van der Waals surface area contributed by atoms with E-state index in [1.807, 2.05) is 6.92 Å². The lowest BCUT2D eigenvalue weighted by molar-refractivity contribution is -0.0145. The van der Waals surface area contributed by atoms with Crippen LogP contribution in [0.4, 0.5) is 18.9 Å². The summed E-state index contributed by atoms with van der Waals surface area (Å²) in [6.45, 7) is 1.32. The third kappa shape index (κ3) is 3.84. The van der Waals surface area contributed by atoms with Gasteiger partial charge in [-0.25, -0.2) is 13.2 Å². The Morgan fingerprint density at radius 1 is 1.36 bits per heavy atom. The molecule has 9 heteroatoms. The molecule has 0 fully saturated rings. The van der Waals surface area contributed by atoms with E-state index < -0.39 is 35.9 Å². The molecule has 3 N–H and O–H groups in total. The van der Waals surface area contributed by atoms with Crippen molar-refractivity contribution in [2.75, 3.05) is 18.5 Å². The molecule has 1 aromatic carbocycles. The molecule has 2 aromatic rings. The van der Waals surface area contributed by atoms with Gasteiger partial charge in [0.2, 0.25) is 0 Å². The fraction of sp³-hybridized carbons (Fsp3) is 0.316. The molecule has 1 aliphatic heterocycles. The SMILES string of the molecule is CCc1ccc(C(=O)Nc2ccc(F)c([C@]3(C(F)F)COCC(N)=N3)c2)nc1. The standard InChI is InChI=1S/C19H19F3N4O2/c1-2-11-3-6-15(24-8-11)17(27)25-12-4-5-14(20)13(7-12)19(18(21)22)10-28-9-16(23)26-19/h3-8,18H,2,9-10H2,1H3,(H2,23,26)(H,25,27)/t19-/m0/s1. The van der Waals surface area contributed by atoms with Crippen LogP contribution in [-0.4, -0.2) is 36.4 Å². The third-order valence-corrected chi connectivity index (χ3v) is 4.43. The van der Waals surface area contributed by atoms with Crippen LogP contribution in [0.25, 0.3) is 0 Å². The number of hydrogen-bond acceptors (Lipinski definition) is 5. The van der Waals surface area contributed by atoms with Crippen LogP contribution in [0.2, 0.25) is 0 Å². The minimum Gasteiger partial charge on any atom is -0.385 e. The zero-order valence-corrected chi connectivity index (χ0v) is 15.1. The van der Waals surface area contributed by atoms with Crippen molar-refractivity contribution in [3.05, 3.63) is 59.2 Å². The van der Waals surface area contributed by atoms with E-state index in [1.54, 1.807) is 18.3 Å². The maximum atomic E-state index is 14.4. The third-order valence-electron chi connectivity index (χ3n) is 4.43. The Hall–Kier alpha value is -2.94. The molecule has 6 nitrogen and oxygen atoms in total. The monoisotopic (exact) mass is 392 g/mol. The smallest absolute Gasteiger partial charge is 0.274 e. The summed E-state index contributed by atoms with van der Waals surface area (Å²) in [5.41, 5.74) is 4.11. The van der Waals surface area contributed by atoms with Gasteiger partial charge in [0.15, 0.2) is 5.54 Å². The summed E-state index contributed by atoms with van der Waals surface area (Å²) >= 11 is 0. The molecule has 0 bridgehead atoms. The quantitative estimate of drug-likeness (QED) is 0.819. The molecule has 0 saturated heterocycles. The average Bonchev–Trinajstić information content (AvgIpc) is 2.69. The Bertz CT molecular complexity index is 903. The van der Waals surface area contributed by atoms with Crippen molar-refractivity contribution >= 4 is 17.4 Å². The minimum atomic E-state index is -3.06. The number of benzene rings is 1. The molecule has 1 aliphatic rings. The highest BCUT2D eigenvalue weighted by Crippen LogP contribution is 2.37. The van der Waals surface area contributed by atoms with E-state index in [0.717, 1.165) is 24.1 Å². The number of pyridine rings is 1. The second kappa shape index (κ2) is 7.97. The fourth-order valence-corrected chi connectivity index (χ4v) is 2.90. The van der Waals surface area contributed by atoms with E-state index in [0.29, 0.717) is 0 Å². The van der Waals surface area contributed by atoms with Gasteiger partial charge in [-0.15, -0.1) is 0 Å². The van der Waals surface area contributed by atoms with E-state index in [-0.39, 0.29) is 23.8 Å².